The summed E-state index contributed by atoms with van der Waals surface area (Å²) in [6.45, 7) is 8.00. The standard InChI is InChI=1S/C17H29N5S.HI/c1-4-22(5-2)16-9-8-14(11-19-16)12-20-17(18-3)21-13-15-7-6-10-23-15;/h8-9,11,15H,4-7,10,12-13H2,1-3H3,(H2,18,20,21);1H. The molecule has 1 aromatic rings. The highest BCUT2D eigenvalue weighted by molar-refractivity contribution is 14.0. The third-order valence-corrected chi connectivity index (χ3v) is 5.50. The van der Waals surface area contributed by atoms with Crippen LogP contribution in [0.15, 0.2) is 23.3 Å². The van der Waals surface area contributed by atoms with Crippen molar-refractivity contribution < 1.29 is 0 Å². The molecule has 0 spiro atoms. The summed E-state index contributed by atoms with van der Waals surface area (Å²) in [7, 11) is 1.82. The van der Waals surface area contributed by atoms with Gasteiger partial charge in [-0.1, -0.05) is 6.07 Å². The summed E-state index contributed by atoms with van der Waals surface area (Å²) in [5, 5.41) is 7.51. The van der Waals surface area contributed by atoms with Gasteiger partial charge in [-0.25, -0.2) is 4.98 Å². The molecule has 1 atom stereocenters. The lowest BCUT2D eigenvalue weighted by atomic mass is 10.2. The van der Waals surface area contributed by atoms with Gasteiger partial charge in [0.25, 0.3) is 0 Å². The first-order chi connectivity index (χ1) is 11.3. The molecule has 0 aromatic carbocycles. The molecular formula is C17H30IN5S. The second-order valence-electron chi connectivity index (χ2n) is 5.64. The number of hydrogen-bond acceptors (Lipinski definition) is 4. The van der Waals surface area contributed by atoms with E-state index in [9.17, 15) is 0 Å². The molecule has 1 unspecified atom stereocenters. The van der Waals surface area contributed by atoms with Crippen LogP contribution in [-0.4, -0.2) is 48.6 Å². The van der Waals surface area contributed by atoms with Crippen molar-refractivity contribution in [3.05, 3.63) is 23.9 Å². The van der Waals surface area contributed by atoms with Gasteiger partial charge in [0.15, 0.2) is 5.96 Å². The highest BCUT2D eigenvalue weighted by Crippen LogP contribution is 2.25. The molecular weight excluding hydrogens is 433 g/mol. The second kappa shape index (κ2) is 11.8. The molecule has 1 aromatic heterocycles. The topological polar surface area (TPSA) is 52.5 Å². The van der Waals surface area contributed by atoms with E-state index < -0.39 is 0 Å². The van der Waals surface area contributed by atoms with E-state index in [0.29, 0.717) is 0 Å². The summed E-state index contributed by atoms with van der Waals surface area (Å²) in [5.41, 5.74) is 1.17. The van der Waals surface area contributed by atoms with E-state index in [2.05, 4.69) is 63.3 Å². The summed E-state index contributed by atoms with van der Waals surface area (Å²) >= 11 is 2.06. The molecule has 1 aliphatic rings. The zero-order valence-corrected chi connectivity index (χ0v) is 18.1. The van der Waals surface area contributed by atoms with Gasteiger partial charge in [0, 0.05) is 44.7 Å². The van der Waals surface area contributed by atoms with Crippen LogP contribution in [-0.2, 0) is 6.54 Å². The molecule has 7 heteroatoms. The Kier molecular flexibility index (Phi) is 10.5. The summed E-state index contributed by atoms with van der Waals surface area (Å²) in [5.74, 6) is 3.20. The Morgan fingerprint density at radius 2 is 2.12 bits per heavy atom. The molecule has 5 nitrogen and oxygen atoms in total. The van der Waals surface area contributed by atoms with Gasteiger partial charge < -0.3 is 15.5 Å². The molecule has 0 bridgehead atoms. The molecule has 136 valence electrons. The Balaban J connectivity index is 0.00000288. The number of hydrogen-bond donors (Lipinski definition) is 2. The number of aliphatic imine (C=N–C) groups is 1. The molecule has 0 radical (unpaired) electrons. The predicted octanol–water partition coefficient (Wildman–Crippen LogP) is 3.11. The third kappa shape index (κ3) is 6.66. The number of guanidine groups is 1. The summed E-state index contributed by atoms with van der Waals surface area (Å²) < 4.78 is 0. The van der Waals surface area contributed by atoms with Gasteiger partial charge in [0.2, 0.25) is 0 Å². The molecule has 1 aliphatic heterocycles. The number of rotatable bonds is 7. The van der Waals surface area contributed by atoms with E-state index in [-0.39, 0.29) is 24.0 Å². The van der Waals surface area contributed by atoms with Crippen LogP contribution in [0.2, 0.25) is 0 Å². The van der Waals surface area contributed by atoms with Crippen molar-refractivity contribution in [1.29, 1.82) is 0 Å². The van der Waals surface area contributed by atoms with E-state index in [0.717, 1.165) is 43.2 Å². The van der Waals surface area contributed by atoms with Crippen LogP contribution < -0.4 is 15.5 Å². The van der Waals surface area contributed by atoms with Gasteiger partial charge in [-0.15, -0.1) is 24.0 Å². The molecule has 0 saturated carbocycles. The first-order valence-corrected chi connectivity index (χ1v) is 9.57. The molecule has 24 heavy (non-hydrogen) atoms. The van der Waals surface area contributed by atoms with E-state index in [1.165, 1.54) is 24.2 Å². The molecule has 0 amide bonds. The van der Waals surface area contributed by atoms with Crippen molar-refractivity contribution in [2.75, 3.05) is 37.3 Å². The van der Waals surface area contributed by atoms with Crippen molar-refractivity contribution in [2.45, 2.75) is 38.5 Å². The number of halogens is 1. The Hall–Kier alpha value is -0.700. The highest BCUT2D eigenvalue weighted by Gasteiger charge is 2.15. The van der Waals surface area contributed by atoms with E-state index in [4.69, 9.17) is 0 Å². The summed E-state index contributed by atoms with van der Waals surface area (Å²) in [4.78, 5) is 11.1. The lowest BCUT2D eigenvalue weighted by Gasteiger charge is -2.20. The molecule has 2 heterocycles. The maximum Gasteiger partial charge on any atom is 0.191 e. The van der Waals surface area contributed by atoms with Crippen molar-refractivity contribution >= 4 is 47.5 Å². The third-order valence-electron chi connectivity index (χ3n) is 4.10. The van der Waals surface area contributed by atoms with Crippen LogP contribution >= 0.6 is 35.7 Å². The Labute approximate surface area is 167 Å². The fourth-order valence-electron chi connectivity index (χ4n) is 2.68. The maximum atomic E-state index is 4.56. The maximum absolute atomic E-state index is 4.56. The highest BCUT2D eigenvalue weighted by atomic mass is 127. The van der Waals surface area contributed by atoms with E-state index in [1.807, 2.05) is 13.2 Å². The minimum Gasteiger partial charge on any atom is -0.357 e. The monoisotopic (exact) mass is 463 g/mol. The number of pyridine rings is 1. The van der Waals surface area contributed by atoms with Gasteiger partial charge >= 0.3 is 0 Å². The number of nitrogens with one attached hydrogen (secondary N) is 2. The van der Waals surface area contributed by atoms with Crippen molar-refractivity contribution in [2.24, 2.45) is 4.99 Å². The van der Waals surface area contributed by atoms with Gasteiger partial charge in [0.1, 0.15) is 5.82 Å². The van der Waals surface area contributed by atoms with Gasteiger partial charge in [-0.05, 0) is 44.1 Å². The minimum atomic E-state index is 0. The van der Waals surface area contributed by atoms with Crippen LogP contribution in [0.4, 0.5) is 5.82 Å². The van der Waals surface area contributed by atoms with E-state index >= 15 is 0 Å². The Morgan fingerprint density at radius 3 is 2.67 bits per heavy atom. The largest absolute Gasteiger partial charge is 0.357 e. The average Bonchev–Trinajstić information content (AvgIpc) is 3.11. The number of thioether (sulfide) groups is 1. The first-order valence-electron chi connectivity index (χ1n) is 8.52. The second-order valence-corrected chi connectivity index (χ2v) is 7.05. The summed E-state index contributed by atoms with van der Waals surface area (Å²) in [6, 6.07) is 4.23. The van der Waals surface area contributed by atoms with Crippen molar-refractivity contribution in [3.63, 3.8) is 0 Å². The van der Waals surface area contributed by atoms with Crippen LogP contribution in [0.3, 0.4) is 0 Å². The zero-order valence-electron chi connectivity index (χ0n) is 14.9. The van der Waals surface area contributed by atoms with Gasteiger partial charge in [-0.2, -0.15) is 11.8 Å². The first kappa shape index (κ1) is 21.3. The molecule has 2 N–H and O–H groups in total. The summed E-state index contributed by atoms with van der Waals surface area (Å²) in [6.07, 6.45) is 4.60. The number of anilines is 1. The van der Waals surface area contributed by atoms with Crippen molar-refractivity contribution in [3.8, 4) is 0 Å². The SMILES string of the molecule is CCN(CC)c1ccc(CNC(=NC)NCC2CCCS2)cn1.I. The Bertz CT molecular complexity index is 484. The predicted molar refractivity (Wildman–Crippen MR) is 117 cm³/mol. The van der Waals surface area contributed by atoms with Gasteiger partial charge in [0.05, 0.1) is 0 Å². The van der Waals surface area contributed by atoms with Crippen LogP contribution in [0, 0.1) is 0 Å². The number of aromatic nitrogens is 1. The lowest BCUT2D eigenvalue weighted by molar-refractivity contribution is 0.725. The quantitative estimate of drug-likeness (QED) is 0.370. The average molecular weight is 463 g/mol. The smallest absolute Gasteiger partial charge is 0.191 e. The molecule has 1 saturated heterocycles. The van der Waals surface area contributed by atoms with Gasteiger partial charge in [-0.3, -0.25) is 4.99 Å². The van der Waals surface area contributed by atoms with Crippen LogP contribution in [0.5, 0.6) is 0 Å². The normalized spacial score (nSPS) is 17.3. The lowest BCUT2D eigenvalue weighted by Crippen LogP contribution is -2.39. The molecule has 0 aliphatic carbocycles. The molecule has 2 rings (SSSR count). The fourth-order valence-corrected chi connectivity index (χ4v) is 3.88. The zero-order chi connectivity index (χ0) is 16.5. The van der Waals surface area contributed by atoms with Crippen LogP contribution in [0.1, 0.15) is 32.3 Å². The number of nitrogens with zero attached hydrogens (tertiary/aromatic N) is 3. The Morgan fingerprint density at radius 1 is 1.33 bits per heavy atom. The van der Waals surface area contributed by atoms with E-state index in [1.54, 1.807) is 0 Å². The van der Waals surface area contributed by atoms with Crippen LogP contribution in [0.25, 0.3) is 0 Å². The fraction of sp³-hybridized carbons (Fsp3) is 0.647. The molecule has 1 fully saturated rings. The van der Waals surface area contributed by atoms with Crippen molar-refractivity contribution in [1.82, 2.24) is 15.6 Å². The minimum absolute atomic E-state index is 0.